The standard InChI is InChI=1S/C21H19N5O/c1-3-26(17-10-5-4-6-11-17)21-23-15(2)13-19(25-21)20(27)24-18-12-8-7-9-16(18)14-22/h4-13H,3H2,1-2H3,(H,24,27). The van der Waals surface area contributed by atoms with Gasteiger partial charge in [0.2, 0.25) is 5.95 Å². The van der Waals surface area contributed by atoms with Crippen LogP contribution in [-0.2, 0) is 0 Å². The molecule has 0 aliphatic carbocycles. The topological polar surface area (TPSA) is 81.9 Å². The van der Waals surface area contributed by atoms with Gasteiger partial charge in [0.15, 0.2) is 0 Å². The number of nitriles is 1. The second-order valence-corrected chi connectivity index (χ2v) is 5.89. The van der Waals surface area contributed by atoms with E-state index >= 15 is 0 Å². The van der Waals surface area contributed by atoms with Crippen molar-refractivity contribution in [3.63, 3.8) is 0 Å². The Kier molecular flexibility index (Phi) is 5.43. The second-order valence-electron chi connectivity index (χ2n) is 5.89. The molecule has 0 unspecified atom stereocenters. The van der Waals surface area contributed by atoms with Gasteiger partial charge in [-0.3, -0.25) is 4.79 Å². The molecule has 1 aromatic heterocycles. The van der Waals surface area contributed by atoms with Gasteiger partial charge in [-0.05, 0) is 44.2 Å². The number of aromatic nitrogens is 2. The lowest BCUT2D eigenvalue weighted by Crippen LogP contribution is -2.22. The fraction of sp³-hybridized carbons (Fsp3) is 0.143. The van der Waals surface area contributed by atoms with Crippen LogP contribution in [0.15, 0.2) is 60.7 Å². The van der Waals surface area contributed by atoms with Gasteiger partial charge in [0, 0.05) is 17.9 Å². The number of para-hydroxylation sites is 2. The molecule has 0 saturated heterocycles. The molecule has 0 saturated carbocycles. The smallest absolute Gasteiger partial charge is 0.274 e. The summed E-state index contributed by atoms with van der Waals surface area (Å²) in [5.74, 6) is 0.0796. The van der Waals surface area contributed by atoms with Crippen LogP contribution in [0.25, 0.3) is 0 Å². The largest absolute Gasteiger partial charge is 0.319 e. The lowest BCUT2D eigenvalue weighted by molar-refractivity contribution is 0.102. The van der Waals surface area contributed by atoms with Crippen molar-refractivity contribution in [3.8, 4) is 6.07 Å². The van der Waals surface area contributed by atoms with E-state index in [1.54, 1.807) is 30.3 Å². The van der Waals surface area contributed by atoms with Crippen molar-refractivity contribution in [1.82, 2.24) is 9.97 Å². The summed E-state index contributed by atoms with van der Waals surface area (Å²) in [4.78, 5) is 23.6. The first-order valence-electron chi connectivity index (χ1n) is 8.61. The number of hydrogen-bond acceptors (Lipinski definition) is 5. The van der Waals surface area contributed by atoms with E-state index in [0.29, 0.717) is 29.4 Å². The average molecular weight is 357 g/mol. The lowest BCUT2D eigenvalue weighted by Gasteiger charge is -2.21. The fourth-order valence-corrected chi connectivity index (χ4v) is 2.71. The Bertz CT molecular complexity index is 995. The Morgan fingerprint density at radius 3 is 2.52 bits per heavy atom. The lowest BCUT2D eigenvalue weighted by atomic mass is 10.2. The van der Waals surface area contributed by atoms with Crippen LogP contribution in [0.1, 0.15) is 28.7 Å². The predicted molar refractivity (Wildman–Crippen MR) is 105 cm³/mol. The van der Waals surface area contributed by atoms with E-state index in [2.05, 4.69) is 21.4 Å². The summed E-state index contributed by atoms with van der Waals surface area (Å²) >= 11 is 0. The number of carbonyl (C=O) groups excluding carboxylic acids is 1. The molecule has 0 aliphatic heterocycles. The molecule has 6 heteroatoms. The van der Waals surface area contributed by atoms with Crippen molar-refractivity contribution in [2.24, 2.45) is 0 Å². The zero-order valence-corrected chi connectivity index (χ0v) is 15.2. The molecule has 0 aliphatic rings. The number of rotatable bonds is 5. The molecular weight excluding hydrogens is 338 g/mol. The van der Waals surface area contributed by atoms with Gasteiger partial charge in [0.1, 0.15) is 11.8 Å². The Hall–Kier alpha value is -3.72. The Morgan fingerprint density at radius 2 is 1.81 bits per heavy atom. The van der Waals surface area contributed by atoms with Crippen molar-refractivity contribution in [3.05, 3.63) is 77.6 Å². The minimum atomic E-state index is -0.381. The first-order valence-corrected chi connectivity index (χ1v) is 8.61. The van der Waals surface area contributed by atoms with E-state index in [0.717, 1.165) is 5.69 Å². The van der Waals surface area contributed by atoms with E-state index in [1.807, 2.05) is 49.1 Å². The first kappa shape index (κ1) is 18.1. The van der Waals surface area contributed by atoms with Gasteiger partial charge in [-0.1, -0.05) is 30.3 Å². The van der Waals surface area contributed by atoms with Crippen LogP contribution in [0.4, 0.5) is 17.3 Å². The van der Waals surface area contributed by atoms with Gasteiger partial charge in [-0.25, -0.2) is 9.97 Å². The molecule has 6 nitrogen and oxygen atoms in total. The number of hydrogen-bond donors (Lipinski definition) is 1. The monoisotopic (exact) mass is 357 g/mol. The number of benzene rings is 2. The minimum Gasteiger partial charge on any atom is -0.319 e. The van der Waals surface area contributed by atoms with Crippen molar-refractivity contribution in [2.45, 2.75) is 13.8 Å². The molecular formula is C21H19N5O. The molecule has 3 rings (SSSR count). The normalized spacial score (nSPS) is 10.1. The summed E-state index contributed by atoms with van der Waals surface area (Å²) < 4.78 is 0. The Labute approximate surface area is 158 Å². The van der Waals surface area contributed by atoms with Crippen molar-refractivity contribution < 1.29 is 4.79 Å². The molecule has 2 aromatic carbocycles. The number of carbonyl (C=O) groups is 1. The average Bonchev–Trinajstić information content (AvgIpc) is 2.69. The second kappa shape index (κ2) is 8.11. The fourth-order valence-electron chi connectivity index (χ4n) is 2.71. The Balaban J connectivity index is 1.93. The summed E-state index contributed by atoms with van der Waals surface area (Å²) in [6.45, 7) is 4.48. The van der Waals surface area contributed by atoms with Gasteiger partial charge in [0.25, 0.3) is 5.91 Å². The maximum atomic E-state index is 12.7. The van der Waals surface area contributed by atoms with Crippen molar-refractivity contribution in [1.29, 1.82) is 5.26 Å². The molecule has 1 N–H and O–H groups in total. The van der Waals surface area contributed by atoms with E-state index in [9.17, 15) is 10.1 Å². The van der Waals surface area contributed by atoms with Crippen molar-refractivity contribution in [2.75, 3.05) is 16.8 Å². The van der Waals surface area contributed by atoms with Gasteiger partial charge in [-0.2, -0.15) is 5.26 Å². The van der Waals surface area contributed by atoms with Crippen LogP contribution >= 0.6 is 0 Å². The third-order valence-electron chi connectivity index (χ3n) is 4.00. The van der Waals surface area contributed by atoms with E-state index in [4.69, 9.17) is 0 Å². The van der Waals surface area contributed by atoms with Gasteiger partial charge in [-0.15, -0.1) is 0 Å². The SMILES string of the molecule is CCN(c1ccccc1)c1nc(C)cc(C(=O)Nc2ccccc2C#N)n1. The van der Waals surface area contributed by atoms with Crippen LogP contribution < -0.4 is 10.2 Å². The third kappa shape index (κ3) is 4.10. The molecule has 134 valence electrons. The first-order chi connectivity index (χ1) is 13.1. The van der Waals surface area contributed by atoms with Crippen molar-refractivity contribution >= 4 is 23.2 Å². The number of aryl methyl sites for hydroxylation is 1. The molecule has 1 heterocycles. The maximum absolute atomic E-state index is 12.7. The zero-order chi connectivity index (χ0) is 19.2. The van der Waals surface area contributed by atoms with E-state index < -0.39 is 0 Å². The molecule has 0 radical (unpaired) electrons. The molecule has 0 atom stereocenters. The van der Waals surface area contributed by atoms with E-state index in [-0.39, 0.29) is 11.6 Å². The molecule has 0 spiro atoms. The molecule has 0 fully saturated rings. The number of amides is 1. The summed E-state index contributed by atoms with van der Waals surface area (Å²) in [7, 11) is 0. The van der Waals surface area contributed by atoms with Crippen LogP contribution in [0, 0.1) is 18.3 Å². The number of nitrogens with one attached hydrogen (secondary N) is 1. The minimum absolute atomic E-state index is 0.250. The van der Waals surface area contributed by atoms with Crippen LogP contribution in [0.5, 0.6) is 0 Å². The highest BCUT2D eigenvalue weighted by Crippen LogP contribution is 2.22. The highest BCUT2D eigenvalue weighted by molar-refractivity contribution is 6.03. The molecule has 27 heavy (non-hydrogen) atoms. The molecule has 0 bridgehead atoms. The van der Waals surface area contributed by atoms with Crippen LogP contribution in [0.2, 0.25) is 0 Å². The summed E-state index contributed by atoms with van der Waals surface area (Å²) in [6, 6.07) is 20.3. The predicted octanol–water partition coefficient (Wildman–Crippen LogP) is 4.07. The zero-order valence-electron chi connectivity index (χ0n) is 15.2. The Morgan fingerprint density at radius 1 is 1.11 bits per heavy atom. The summed E-state index contributed by atoms with van der Waals surface area (Å²) in [6.07, 6.45) is 0. The summed E-state index contributed by atoms with van der Waals surface area (Å²) in [5, 5.41) is 11.9. The molecule has 3 aromatic rings. The van der Waals surface area contributed by atoms with Gasteiger partial charge >= 0.3 is 0 Å². The summed E-state index contributed by atoms with van der Waals surface area (Å²) in [5.41, 5.74) is 2.74. The van der Waals surface area contributed by atoms with Gasteiger partial charge in [0.05, 0.1) is 11.3 Å². The van der Waals surface area contributed by atoms with E-state index in [1.165, 1.54) is 0 Å². The third-order valence-corrected chi connectivity index (χ3v) is 4.00. The highest BCUT2D eigenvalue weighted by Gasteiger charge is 2.16. The maximum Gasteiger partial charge on any atom is 0.274 e. The van der Waals surface area contributed by atoms with Crippen LogP contribution in [0.3, 0.4) is 0 Å². The number of anilines is 3. The quantitative estimate of drug-likeness (QED) is 0.744. The van der Waals surface area contributed by atoms with Gasteiger partial charge < -0.3 is 10.2 Å². The van der Waals surface area contributed by atoms with Crippen LogP contribution in [-0.4, -0.2) is 22.4 Å². The highest BCUT2D eigenvalue weighted by atomic mass is 16.1. The number of nitrogens with zero attached hydrogens (tertiary/aromatic N) is 4. The molecule has 1 amide bonds.